The molecule has 1 atom stereocenters. The fourth-order valence-corrected chi connectivity index (χ4v) is 3.35. The van der Waals surface area contributed by atoms with Gasteiger partial charge in [0.2, 0.25) is 15.9 Å². The molecule has 0 saturated carbocycles. The largest absolute Gasteiger partial charge is 0.573 e. The topological polar surface area (TPSA) is 87.7 Å². The number of hydrogen-bond acceptors (Lipinski definition) is 5. The van der Waals surface area contributed by atoms with Crippen molar-refractivity contribution in [1.29, 1.82) is 0 Å². The van der Waals surface area contributed by atoms with Crippen LogP contribution in [0.2, 0.25) is 0 Å². The number of carbonyl (C=O) groups excluding carboxylic acids is 1. The van der Waals surface area contributed by atoms with Crippen molar-refractivity contribution in [3.8, 4) is 5.75 Å². The highest BCUT2D eigenvalue weighted by molar-refractivity contribution is 7.89. The van der Waals surface area contributed by atoms with Gasteiger partial charge in [0.05, 0.1) is 11.4 Å². The highest BCUT2D eigenvalue weighted by atomic mass is 35.5. The number of halogens is 4. The van der Waals surface area contributed by atoms with E-state index in [1.165, 1.54) is 0 Å². The average molecular weight is 418 g/mol. The number of nitrogens with zero attached hydrogens (tertiary/aromatic N) is 1. The molecule has 0 bridgehead atoms. The maximum atomic E-state index is 12.1. The lowest BCUT2D eigenvalue weighted by atomic mass is 10.2. The van der Waals surface area contributed by atoms with E-state index < -0.39 is 28.7 Å². The highest BCUT2D eigenvalue weighted by Gasteiger charge is 2.31. The van der Waals surface area contributed by atoms with Crippen LogP contribution in [0.3, 0.4) is 0 Å². The molecule has 1 aliphatic rings. The van der Waals surface area contributed by atoms with Gasteiger partial charge in [-0.1, -0.05) is 0 Å². The molecular formula is C14H19ClF3N3O4S. The standard InChI is InChI=1S/C14H18F3N3O4S.ClH/c1-10-8-18-6-7-20(10)13(21)9-19-25(22,23)12-4-2-11(3-5-12)24-14(15,16)17;/h2-5,10,18-19H,6-9H2,1H3;1H. The zero-order valence-corrected chi connectivity index (χ0v) is 15.4. The Bertz CT molecular complexity index is 713. The first kappa shape index (κ1) is 22.5. The Labute approximate surface area is 155 Å². The van der Waals surface area contributed by atoms with Crippen LogP contribution in [0.15, 0.2) is 29.2 Å². The number of alkyl halides is 3. The predicted octanol–water partition coefficient (Wildman–Crippen LogP) is 1.11. The van der Waals surface area contributed by atoms with Crippen LogP contribution in [0.1, 0.15) is 6.92 Å². The van der Waals surface area contributed by atoms with Crippen LogP contribution in [0.5, 0.6) is 5.75 Å². The SMILES string of the molecule is CC1CNCCN1C(=O)CNS(=O)(=O)c1ccc(OC(F)(F)F)cc1.Cl. The Hall–Kier alpha value is -1.56. The van der Waals surface area contributed by atoms with Crippen molar-refractivity contribution in [2.45, 2.75) is 24.2 Å². The summed E-state index contributed by atoms with van der Waals surface area (Å²) in [6, 6.07) is 3.68. The summed E-state index contributed by atoms with van der Waals surface area (Å²) in [4.78, 5) is 13.4. The quantitative estimate of drug-likeness (QED) is 0.749. The second-order valence-electron chi connectivity index (χ2n) is 5.48. The summed E-state index contributed by atoms with van der Waals surface area (Å²) in [7, 11) is -4.02. The van der Waals surface area contributed by atoms with Gasteiger partial charge in [-0.25, -0.2) is 13.1 Å². The number of sulfonamides is 1. The van der Waals surface area contributed by atoms with E-state index in [1.807, 2.05) is 6.92 Å². The minimum atomic E-state index is -4.86. The number of ether oxygens (including phenoxy) is 1. The number of hydrogen-bond donors (Lipinski definition) is 2. The summed E-state index contributed by atoms with van der Waals surface area (Å²) in [6.07, 6.45) is -4.86. The smallest absolute Gasteiger partial charge is 0.406 e. The van der Waals surface area contributed by atoms with E-state index in [9.17, 15) is 26.4 Å². The molecule has 1 heterocycles. The van der Waals surface area contributed by atoms with Gasteiger partial charge in [0.25, 0.3) is 0 Å². The maximum Gasteiger partial charge on any atom is 0.573 e. The highest BCUT2D eigenvalue weighted by Crippen LogP contribution is 2.23. The van der Waals surface area contributed by atoms with Crippen molar-refractivity contribution in [3.05, 3.63) is 24.3 Å². The van der Waals surface area contributed by atoms with Gasteiger partial charge in [0.1, 0.15) is 5.75 Å². The van der Waals surface area contributed by atoms with Crippen molar-refractivity contribution in [2.24, 2.45) is 0 Å². The molecule has 26 heavy (non-hydrogen) atoms. The molecule has 7 nitrogen and oxygen atoms in total. The van der Waals surface area contributed by atoms with E-state index in [4.69, 9.17) is 0 Å². The van der Waals surface area contributed by atoms with Gasteiger partial charge in [-0.05, 0) is 31.2 Å². The third-order valence-corrected chi connectivity index (χ3v) is 5.02. The van der Waals surface area contributed by atoms with Gasteiger partial charge >= 0.3 is 6.36 Å². The van der Waals surface area contributed by atoms with Crippen molar-refractivity contribution in [1.82, 2.24) is 14.9 Å². The Balaban J connectivity index is 0.00000338. The minimum Gasteiger partial charge on any atom is -0.406 e. The average Bonchev–Trinajstić information content (AvgIpc) is 2.52. The molecule has 1 amide bonds. The van der Waals surface area contributed by atoms with Crippen LogP contribution in [-0.4, -0.2) is 57.8 Å². The third-order valence-electron chi connectivity index (χ3n) is 3.60. The number of benzene rings is 1. The number of carbonyl (C=O) groups is 1. The third kappa shape index (κ3) is 6.31. The Kier molecular flexibility index (Phi) is 7.69. The fourth-order valence-electron chi connectivity index (χ4n) is 2.37. The van der Waals surface area contributed by atoms with Gasteiger partial charge in [0, 0.05) is 25.7 Å². The Morgan fingerprint density at radius 2 is 1.96 bits per heavy atom. The fraction of sp³-hybridized carbons (Fsp3) is 0.500. The van der Waals surface area contributed by atoms with E-state index >= 15 is 0 Å². The van der Waals surface area contributed by atoms with Crippen LogP contribution in [0, 0.1) is 0 Å². The van der Waals surface area contributed by atoms with E-state index in [1.54, 1.807) is 4.90 Å². The number of nitrogens with one attached hydrogen (secondary N) is 2. The van der Waals surface area contributed by atoms with E-state index in [2.05, 4.69) is 14.8 Å². The number of amides is 1. The summed E-state index contributed by atoms with van der Waals surface area (Å²) >= 11 is 0. The van der Waals surface area contributed by atoms with E-state index in [-0.39, 0.29) is 29.3 Å². The van der Waals surface area contributed by atoms with Crippen LogP contribution in [0.25, 0.3) is 0 Å². The van der Waals surface area contributed by atoms with Gasteiger partial charge in [0.15, 0.2) is 0 Å². The number of rotatable bonds is 5. The summed E-state index contributed by atoms with van der Waals surface area (Å²) in [5.41, 5.74) is 0. The molecular weight excluding hydrogens is 399 g/mol. The molecule has 1 aromatic carbocycles. The maximum absolute atomic E-state index is 12.1. The van der Waals surface area contributed by atoms with Gasteiger partial charge in [-0.15, -0.1) is 25.6 Å². The normalized spacial score (nSPS) is 18.2. The van der Waals surface area contributed by atoms with Crippen molar-refractivity contribution in [2.75, 3.05) is 26.2 Å². The lowest BCUT2D eigenvalue weighted by Crippen LogP contribution is -2.54. The van der Waals surface area contributed by atoms with E-state index in [0.717, 1.165) is 24.3 Å². The summed E-state index contributed by atoms with van der Waals surface area (Å²) in [6.45, 7) is 3.15. The lowest BCUT2D eigenvalue weighted by molar-refractivity contribution is -0.274. The molecule has 2 rings (SSSR count). The lowest BCUT2D eigenvalue weighted by Gasteiger charge is -2.34. The summed E-state index contributed by atoms with van der Waals surface area (Å²) < 4.78 is 66.4. The molecule has 0 aliphatic carbocycles. The zero-order valence-electron chi connectivity index (χ0n) is 13.7. The molecule has 1 unspecified atom stereocenters. The predicted molar refractivity (Wildman–Crippen MR) is 89.6 cm³/mol. The number of piperazine rings is 1. The second kappa shape index (κ2) is 8.89. The van der Waals surface area contributed by atoms with Gasteiger partial charge in [-0.3, -0.25) is 4.79 Å². The molecule has 0 aromatic heterocycles. The Morgan fingerprint density at radius 1 is 1.35 bits per heavy atom. The molecule has 1 fully saturated rings. The molecule has 0 radical (unpaired) electrons. The summed E-state index contributed by atoms with van der Waals surface area (Å²) in [5.74, 6) is -0.897. The first-order valence-electron chi connectivity index (χ1n) is 7.44. The molecule has 1 saturated heterocycles. The molecule has 148 valence electrons. The summed E-state index contributed by atoms with van der Waals surface area (Å²) in [5, 5.41) is 3.11. The van der Waals surface area contributed by atoms with Gasteiger partial charge < -0.3 is 15.0 Å². The minimum absolute atomic E-state index is 0. The molecule has 12 heteroatoms. The first-order valence-corrected chi connectivity index (χ1v) is 8.92. The van der Waals surface area contributed by atoms with Crippen LogP contribution in [0.4, 0.5) is 13.2 Å². The van der Waals surface area contributed by atoms with Crippen molar-refractivity contribution in [3.63, 3.8) is 0 Å². The van der Waals surface area contributed by atoms with Crippen LogP contribution < -0.4 is 14.8 Å². The monoisotopic (exact) mass is 417 g/mol. The van der Waals surface area contributed by atoms with Crippen LogP contribution in [-0.2, 0) is 14.8 Å². The first-order chi connectivity index (χ1) is 11.6. The second-order valence-corrected chi connectivity index (χ2v) is 7.25. The van der Waals surface area contributed by atoms with Crippen molar-refractivity contribution < 1.29 is 31.1 Å². The van der Waals surface area contributed by atoms with Crippen molar-refractivity contribution >= 4 is 28.3 Å². The molecule has 0 spiro atoms. The molecule has 2 N–H and O–H groups in total. The van der Waals surface area contributed by atoms with Crippen LogP contribution >= 0.6 is 12.4 Å². The molecule has 1 aromatic rings. The zero-order chi connectivity index (χ0) is 18.7. The van der Waals surface area contributed by atoms with Gasteiger partial charge in [-0.2, -0.15) is 0 Å². The van der Waals surface area contributed by atoms with E-state index in [0.29, 0.717) is 19.6 Å². The Morgan fingerprint density at radius 3 is 2.50 bits per heavy atom. The molecule has 1 aliphatic heterocycles.